The minimum Gasteiger partial charge on any atom is -0.345 e. The van der Waals surface area contributed by atoms with Gasteiger partial charge in [0.15, 0.2) is 0 Å². The lowest BCUT2D eigenvalue weighted by atomic mass is 9.87. The molecule has 0 fully saturated rings. The zero-order valence-corrected chi connectivity index (χ0v) is 16.1. The van der Waals surface area contributed by atoms with Gasteiger partial charge in [0, 0.05) is 23.5 Å². The van der Waals surface area contributed by atoms with Gasteiger partial charge in [-0.3, -0.25) is 9.78 Å². The standard InChI is InChI=1S/C23H19N3OS/c27-22(25-19-9-3-6-15-5-1-2-8-18(15)19)16-10-11-20-21(13-16)28-23(26-20)17-7-4-12-24-14-17/h1-2,4-5,7-8,10-14,19H,3,6,9H2,(H,25,27)/t19-/m0/s1. The van der Waals surface area contributed by atoms with Gasteiger partial charge in [-0.05, 0) is 60.7 Å². The minimum absolute atomic E-state index is 0.0278. The number of fused-ring (bicyclic) bond motifs is 2. The molecule has 0 saturated carbocycles. The molecule has 138 valence electrons. The second-order valence-electron chi connectivity index (χ2n) is 7.06. The molecule has 0 saturated heterocycles. The molecule has 1 aliphatic rings. The summed E-state index contributed by atoms with van der Waals surface area (Å²) in [5.41, 5.74) is 5.17. The van der Waals surface area contributed by atoms with Gasteiger partial charge in [-0.2, -0.15) is 0 Å². The van der Waals surface area contributed by atoms with Crippen LogP contribution < -0.4 is 5.32 Å². The average molecular weight is 385 g/mol. The van der Waals surface area contributed by atoms with E-state index in [0.29, 0.717) is 5.56 Å². The first-order chi connectivity index (χ1) is 13.8. The summed E-state index contributed by atoms with van der Waals surface area (Å²) in [7, 11) is 0. The third kappa shape index (κ3) is 3.18. The maximum Gasteiger partial charge on any atom is 0.251 e. The van der Waals surface area contributed by atoms with E-state index in [0.717, 1.165) is 40.1 Å². The smallest absolute Gasteiger partial charge is 0.251 e. The van der Waals surface area contributed by atoms with Crippen LogP contribution in [0.2, 0.25) is 0 Å². The van der Waals surface area contributed by atoms with Crippen molar-refractivity contribution in [1.82, 2.24) is 15.3 Å². The topological polar surface area (TPSA) is 54.9 Å². The predicted octanol–water partition coefficient (Wildman–Crippen LogP) is 5.17. The Morgan fingerprint density at radius 1 is 1.11 bits per heavy atom. The molecule has 0 bridgehead atoms. The maximum atomic E-state index is 12.9. The highest BCUT2D eigenvalue weighted by Crippen LogP contribution is 2.32. The number of thiazole rings is 1. The van der Waals surface area contributed by atoms with Gasteiger partial charge in [0.25, 0.3) is 5.91 Å². The molecule has 2 aromatic carbocycles. The zero-order valence-electron chi connectivity index (χ0n) is 15.3. The summed E-state index contributed by atoms with van der Waals surface area (Å²) >= 11 is 1.59. The van der Waals surface area contributed by atoms with Crippen LogP contribution in [0, 0.1) is 0 Å². The van der Waals surface area contributed by atoms with Crippen LogP contribution in [0.15, 0.2) is 67.0 Å². The van der Waals surface area contributed by atoms with Crippen molar-refractivity contribution in [2.24, 2.45) is 0 Å². The molecule has 4 aromatic rings. The van der Waals surface area contributed by atoms with E-state index in [4.69, 9.17) is 0 Å². The Balaban J connectivity index is 1.41. The number of nitrogens with zero attached hydrogens (tertiary/aromatic N) is 2. The molecule has 5 rings (SSSR count). The van der Waals surface area contributed by atoms with Crippen LogP contribution in [0.5, 0.6) is 0 Å². The fraction of sp³-hybridized carbons (Fsp3) is 0.174. The number of amides is 1. The highest BCUT2D eigenvalue weighted by atomic mass is 32.1. The summed E-state index contributed by atoms with van der Waals surface area (Å²) < 4.78 is 1.01. The van der Waals surface area contributed by atoms with Crippen LogP contribution in [0.4, 0.5) is 0 Å². The molecule has 1 aliphatic carbocycles. The Kier molecular flexibility index (Phi) is 4.37. The zero-order chi connectivity index (χ0) is 18.9. The number of aryl methyl sites for hydroxylation is 1. The summed E-state index contributed by atoms with van der Waals surface area (Å²) in [6.45, 7) is 0. The molecule has 0 spiro atoms. The van der Waals surface area contributed by atoms with Crippen molar-refractivity contribution in [1.29, 1.82) is 0 Å². The summed E-state index contributed by atoms with van der Waals surface area (Å²) in [4.78, 5) is 21.7. The number of carbonyl (C=O) groups excluding carboxylic acids is 1. The normalized spacial score (nSPS) is 15.9. The highest BCUT2D eigenvalue weighted by Gasteiger charge is 2.22. The van der Waals surface area contributed by atoms with E-state index in [-0.39, 0.29) is 11.9 Å². The van der Waals surface area contributed by atoms with E-state index in [1.165, 1.54) is 11.1 Å². The Hall–Kier alpha value is -3.05. The number of pyridine rings is 1. The van der Waals surface area contributed by atoms with Crippen molar-refractivity contribution in [2.75, 3.05) is 0 Å². The quantitative estimate of drug-likeness (QED) is 0.530. The molecule has 5 heteroatoms. The van der Waals surface area contributed by atoms with Crippen LogP contribution in [0.1, 0.15) is 40.4 Å². The molecule has 28 heavy (non-hydrogen) atoms. The lowest BCUT2D eigenvalue weighted by Crippen LogP contribution is -2.30. The number of aromatic nitrogens is 2. The number of carbonyl (C=O) groups is 1. The number of rotatable bonds is 3. The predicted molar refractivity (Wildman–Crippen MR) is 112 cm³/mol. The van der Waals surface area contributed by atoms with Gasteiger partial charge >= 0.3 is 0 Å². The van der Waals surface area contributed by atoms with Gasteiger partial charge in [0.05, 0.1) is 16.3 Å². The third-order valence-electron chi connectivity index (χ3n) is 5.23. The largest absolute Gasteiger partial charge is 0.345 e. The first-order valence-corrected chi connectivity index (χ1v) is 10.3. The van der Waals surface area contributed by atoms with Gasteiger partial charge in [0.2, 0.25) is 0 Å². The first-order valence-electron chi connectivity index (χ1n) is 9.47. The Bertz CT molecular complexity index is 1150. The molecular weight excluding hydrogens is 366 g/mol. The Morgan fingerprint density at radius 3 is 2.93 bits per heavy atom. The van der Waals surface area contributed by atoms with Crippen LogP contribution in [-0.2, 0) is 6.42 Å². The van der Waals surface area contributed by atoms with E-state index in [2.05, 4.69) is 33.5 Å². The van der Waals surface area contributed by atoms with Crippen molar-refractivity contribution >= 4 is 27.5 Å². The SMILES string of the molecule is O=C(N[C@H]1CCCc2ccccc21)c1ccc2nc(-c3cccnc3)sc2c1. The van der Waals surface area contributed by atoms with Crippen LogP contribution in [0.25, 0.3) is 20.8 Å². The summed E-state index contributed by atoms with van der Waals surface area (Å²) in [5.74, 6) is -0.0278. The third-order valence-corrected chi connectivity index (χ3v) is 6.30. The molecular formula is C23H19N3OS. The minimum atomic E-state index is -0.0278. The lowest BCUT2D eigenvalue weighted by Gasteiger charge is -2.26. The second-order valence-corrected chi connectivity index (χ2v) is 8.09. The Morgan fingerprint density at radius 2 is 2.04 bits per heavy atom. The van der Waals surface area contributed by atoms with Gasteiger partial charge < -0.3 is 5.32 Å². The molecule has 1 N–H and O–H groups in total. The van der Waals surface area contributed by atoms with Gasteiger partial charge in [-0.1, -0.05) is 24.3 Å². The van der Waals surface area contributed by atoms with E-state index in [1.54, 1.807) is 17.5 Å². The fourth-order valence-corrected chi connectivity index (χ4v) is 4.82. The number of hydrogen-bond donors (Lipinski definition) is 1. The van der Waals surface area contributed by atoms with Crippen molar-refractivity contribution in [3.63, 3.8) is 0 Å². The molecule has 0 radical (unpaired) electrons. The molecule has 0 aliphatic heterocycles. The average Bonchev–Trinajstić information content (AvgIpc) is 3.18. The number of nitrogens with one attached hydrogen (secondary N) is 1. The highest BCUT2D eigenvalue weighted by molar-refractivity contribution is 7.21. The van der Waals surface area contributed by atoms with Gasteiger partial charge in [0.1, 0.15) is 5.01 Å². The summed E-state index contributed by atoms with van der Waals surface area (Å²) in [6.07, 6.45) is 6.74. The second kappa shape index (κ2) is 7.17. The molecule has 2 heterocycles. The summed E-state index contributed by atoms with van der Waals surface area (Å²) in [6, 6.07) is 18.1. The number of benzene rings is 2. The molecule has 0 unspecified atom stereocenters. The van der Waals surface area contributed by atoms with Gasteiger partial charge in [-0.25, -0.2) is 4.98 Å². The van der Waals surface area contributed by atoms with E-state index in [1.807, 2.05) is 42.6 Å². The van der Waals surface area contributed by atoms with E-state index in [9.17, 15) is 4.79 Å². The van der Waals surface area contributed by atoms with Crippen molar-refractivity contribution in [3.8, 4) is 10.6 Å². The van der Waals surface area contributed by atoms with Crippen LogP contribution in [-0.4, -0.2) is 15.9 Å². The van der Waals surface area contributed by atoms with Crippen molar-refractivity contribution in [2.45, 2.75) is 25.3 Å². The molecule has 1 atom stereocenters. The monoisotopic (exact) mass is 385 g/mol. The molecule has 1 amide bonds. The molecule has 4 nitrogen and oxygen atoms in total. The first kappa shape index (κ1) is 17.1. The van der Waals surface area contributed by atoms with E-state index < -0.39 is 0 Å². The van der Waals surface area contributed by atoms with Crippen LogP contribution >= 0.6 is 11.3 Å². The number of hydrogen-bond acceptors (Lipinski definition) is 4. The molecule has 2 aromatic heterocycles. The summed E-state index contributed by atoms with van der Waals surface area (Å²) in [5, 5.41) is 4.15. The van der Waals surface area contributed by atoms with Crippen molar-refractivity contribution < 1.29 is 4.79 Å². The fourth-order valence-electron chi connectivity index (χ4n) is 3.82. The maximum absolute atomic E-state index is 12.9. The lowest BCUT2D eigenvalue weighted by molar-refractivity contribution is 0.0933. The Labute approximate surface area is 167 Å². The van der Waals surface area contributed by atoms with Crippen LogP contribution in [0.3, 0.4) is 0 Å². The van der Waals surface area contributed by atoms with Crippen molar-refractivity contribution in [3.05, 3.63) is 83.7 Å². The van der Waals surface area contributed by atoms with E-state index >= 15 is 0 Å². The van der Waals surface area contributed by atoms with Gasteiger partial charge in [-0.15, -0.1) is 11.3 Å².